The van der Waals surface area contributed by atoms with Crippen molar-refractivity contribution in [2.24, 2.45) is 11.7 Å². The van der Waals surface area contributed by atoms with Crippen LogP contribution in [0.1, 0.15) is 25.3 Å². The van der Waals surface area contributed by atoms with Crippen LogP contribution in [-0.4, -0.2) is 23.7 Å². The Morgan fingerprint density at radius 2 is 2.11 bits per heavy atom. The summed E-state index contributed by atoms with van der Waals surface area (Å²) in [5, 5.41) is 3.05. The van der Waals surface area contributed by atoms with E-state index < -0.39 is 0 Å². The van der Waals surface area contributed by atoms with E-state index in [1.165, 1.54) is 18.4 Å². The third kappa shape index (κ3) is 4.55. The molecule has 1 fully saturated rings. The first-order chi connectivity index (χ1) is 9.20. The van der Waals surface area contributed by atoms with Gasteiger partial charge in [-0.25, -0.2) is 0 Å². The van der Waals surface area contributed by atoms with Gasteiger partial charge in [-0.3, -0.25) is 4.79 Å². The van der Waals surface area contributed by atoms with Gasteiger partial charge >= 0.3 is 0 Å². The fraction of sp³-hybridized carbons (Fsp3) is 0.533. The van der Waals surface area contributed by atoms with Crippen LogP contribution in [0.4, 0.5) is 0 Å². The Hall–Kier alpha value is -1.00. The molecule has 0 heterocycles. The van der Waals surface area contributed by atoms with E-state index >= 15 is 0 Å². The molecule has 2 unspecified atom stereocenters. The number of thioether (sulfide) groups is 1. The molecule has 0 radical (unpaired) electrons. The highest BCUT2D eigenvalue weighted by Crippen LogP contribution is 2.32. The van der Waals surface area contributed by atoms with Crippen LogP contribution in [0.3, 0.4) is 0 Å². The molecule has 2 atom stereocenters. The van der Waals surface area contributed by atoms with Gasteiger partial charge in [-0.2, -0.15) is 0 Å². The van der Waals surface area contributed by atoms with Crippen LogP contribution in [0.25, 0.3) is 0 Å². The minimum atomic E-state index is -0.0343. The van der Waals surface area contributed by atoms with Crippen molar-refractivity contribution in [1.82, 2.24) is 5.32 Å². The first-order valence-electron chi connectivity index (χ1n) is 6.86. The molecule has 104 valence electrons. The van der Waals surface area contributed by atoms with Gasteiger partial charge < -0.3 is 11.1 Å². The van der Waals surface area contributed by atoms with Crippen molar-refractivity contribution in [1.29, 1.82) is 0 Å². The third-order valence-electron chi connectivity index (χ3n) is 3.48. The molecule has 1 aromatic rings. The highest BCUT2D eigenvalue weighted by molar-refractivity contribution is 7.99. The zero-order valence-electron chi connectivity index (χ0n) is 11.3. The van der Waals surface area contributed by atoms with Crippen molar-refractivity contribution < 1.29 is 4.79 Å². The maximum absolute atomic E-state index is 12.1. The van der Waals surface area contributed by atoms with Crippen LogP contribution in [0.5, 0.6) is 0 Å². The van der Waals surface area contributed by atoms with E-state index in [0.717, 1.165) is 5.75 Å². The average Bonchev–Trinajstić information content (AvgIpc) is 3.27. The highest BCUT2D eigenvalue weighted by Gasteiger charge is 2.32. The molecule has 0 bridgehead atoms. The van der Waals surface area contributed by atoms with E-state index in [9.17, 15) is 4.79 Å². The van der Waals surface area contributed by atoms with Crippen LogP contribution >= 0.6 is 11.8 Å². The molecular formula is C15H22N2OS. The molecule has 0 spiro atoms. The predicted molar refractivity (Wildman–Crippen MR) is 80.9 cm³/mol. The van der Waals surface area contributed by atoms with Crippen molar-refractivity contribution in [3.8, 4) is 0 Å². The SMILES string of the molecule is CC(SCc1ccccc1)C(=O)NC(CN)C1CC1. The Kier molecular flexibility index (Phi) is 5.28. The van der Waals surface area contributed by atoms with E-state index in [2.05, 4.69) is 17.4 Å². The van der Waals surface area contributed by atoms with E-state index in [-0.39, 0.29) is 17.2 Å². The second-order valence-electron chi connectivity index (χ2n) is 5.13. The van der Waals surface area contributed by atoms with Crippen LogP contribution < -0.4 is 11.1 Å². The molecule has 0 aliphatic heterocycles. The number of benzene rings is 1. The van der Waals surface area contributed by atoms with Crippen LogP contribution in [0, 0.1) is 5.92 Å². The van der Waals surface area contributed by atoms with E-state index in [4.69, 9.17) is 5.73 Å². The molecule has 1 aliphatic rings. The number of carbonyl (C=O) groups is 1. The predicted octanol–water partition coefficient (Wildman–Crippen LogP) is 2.16. The number of nitrogens with two attached hydrogens (primary N) is 1. The standard InChI is InChI=1S/C15H22N2OS/c1-11(19-10-12-5-3-2-4-6-12)15(18)17-14(9-16)13-7-8-13/h2-6,11,13-14H,7-10,16H2,1H3,(H,17,18). The Bertz CT molecular complexity index is 406. The lowest BCUT2D eigenvalue weighted by Crippen LogP contribution is -2.44. The summed E-state index contributed by atoms with van der Waals surface area (Å²) in [4.78, 5) is 12.1. The molecule has 19 heavy (non-hydrogen) atoms. The van der Waals surface area contributed by atoms with Crippen LogP contribution in [0.15, 0.2) is 30.3 Å². The summed E-state index contributed by atoms with van der Waals surface area (Å²) in [6, 6.07) is 10.4. The van der Waals surface area contributed by atoms with Crippen molar-refractivity contribution in [2.75, 3.05) is 6.54 Å². The van der Waals surface area contributed by atoms with E-state index in [1.54, 1.807) is 11.8 Å². The van der Waals surface area contributed by atoms with E-state index in [0.29, 0.717) is 12.5 Å². The zero-order chi connectivity index (χ0) is 13.7. The topological polar surface area (TPSA) is 55.1 Å². The maximum atomic E-state index is 12.1. The van der Waals surface area contributed by atoms with Gasteiger partial charge in [0.1, 0.15) is 0 Å². The van der Waals surface area contributed by atoms with Crippen LogP contribution in [-0.2, 0) is 10.5 Å². The molecule has 0 aromatic heterocycles. The van der Waals surface area contributed by atoms with Gasteiger partial charge in [0.25, 0.3) is 0 Å². The summed E-state index contributed by atoms with van der Waals surface area (Å²) in [7, 11) is 0. The summed E-state index contributed by atoms with van der Waals surface area (Å²) in [6.07, 6.45) is 2.40. The summed E-state index contributed by atoms with van der Waals surface area (Å²) in [5.74, 6) is 1.59. The minimum Gasteiger partial charge on any atom is -0.351 e. The van der Waals surface area contributed by atoms with Gasteiger partial charge in [0.2, 0.25) is 5.91 Å². The lowest BCUT2D eigenvalue weighted by atomic mass is 10.2. The fourth-order valence-corrected chi connectivity index (χ4v) is 2.89. The molecule has 1 saturated carbocycles. The van der Waals surface area contributed by atoms with Gasteiger partial charge in [0.15, 0.2) is 0 Å². The van der Waals surface area contributed by atoms with Crippen molar-refractivity contribution in [3.63, 3.8) is 0 Å². The summed E-state index contributed by atoms with van der Waals surface area (Å²) in [6.45, 7) is 2.51. The van der Waals surface area contributed by atoms with Crippen molar-refractivity contribution in [3.05, 3.63) is 35.9 Å². The zero-order valence-corrected chi connectivity index (χ0v) is 12.2. The Balaban J connectivity index is 1.75. The second-order valence-corrected chi connectivity index (χ2v) is 6.46. The normalized spacial score (nSPS) is 17.8. The molecule has 1 aliphatic carbocycles. The lowest BCUT2D eigenvalue weighted by Gasteiger charge is -2.19. The highest BCUT2D eigenvalue weighted by atomic mass is 32.2. The van der Waals surface area contributed by atoms with Crippen molar-refractivity contribution >= 4 is 17.7 Å². The molecule has 3 N–H and O–H groups in total. The average molecular weight is 278 g/mol. The Labute approximate surface area is 119 Å². The van der Waals surface area contributed by atoms with Crippen LogP contribution in [0.2, 0.25) is 0 Å². The second kappa shape index (κ2) is 6.96. The fourth-order valence-electron chi connectivity index (χ4n) is 2.04. The van der Waals surface area contributed by atoms with Gasteiger partial charge in [0.05, 0.1) is 5.25 Å². The molecular weight excluding hydrogens is 256 g/mol. The number of carbonyl (C=O) groups excluding carboxylic acids is 1. The number of hydrogen-bond acceptors (Lipinski definition) is 3. The molecule has 4 heteroatoms. The first-order valence-corrected chi connectivity index (χ1v) is 7.91. The number of amides is 1. The minimum absolute atomic E-state index is 0.0343. The summed E-state index contributed by atoms with van der Waals surface area (Å²) >= 11 is 1.67. The van der Waals surface area contributed by atoms with Crippen molar-refractivity contribution in [2.45, 2.75) is 36.8 Å². The first kappa shape index (κ1) is 14.4. The smallest absolute Gasteiger partial charge is 0.233 e. The van der Waals surface area contributed by atoms with E-state index in [1.807, 2.05) is 25.1 Å². The number of nitrogens with one attached hydrogen (secondary N) is 1. The van der Waals surface area contributed by atoms with Gasteiger partial charge in [0, 0.05) is 18.3 Å². The molecule has 2 rings (SSSR count). The molecule has 1 aromatic carbocycles. The number of hydrogen-bond donors (Lipinski definition) is 2. The molecule has 3 nitrogen and oxygen atoms in total. The quantitative estimate of drug-likeness (QED) is 0.803. The Morgan fingerprint density at radius 3 is 2.68 bits per heavy atom. The van der Waals surface area contributed by atoms with Gasteiger partial charge in [-0.1, -0.05) is 30.3 Å². The monoisotopic (exact) mass is 278 g/mol. The Morgan fingerprint density at radius 1 is 1.42 bits per heavy atom. The van der Waals surface area contributed by atoms with Gasteiger partial charge in [-0.15, -0.1) is 11.8 Å². The third-order valence-corrected chi connectivity index (χ3v) is 4.70. The summed E-state index contributed by atoms with van der Waals surface area (Å²) < 4.78 is 0. The number of rotatable bonds is 7. The maximum Gasteiger partial charge on any atom is 0.233 e. The largest absolute Gasteiger partial charge is 0.351 e. The summed E-state index contributed by atoms with van der Waals surface area (Å²) in [5.41, 5.74) is 6.96. The van der Waals surface area contributed by atoms with Gasteiger partial charge in [-0.05, 0) is 31.2 Å². The lowest BCUT2D eigenvalue weighted by molar-refractivity contribution is -0.121. The molecule has 0 saturated heterocycles. The molecule has 1 amide bonds.